The Labute approximate surface area is 213 Å². The lowest BCUT2D eigenvalue weighted by Gasteiger charge is -2.10. The predicted octanol–water partition coefficient (Wildman–Crippen LogP) is 3.69. The second kappa shape index (κ2) is 12.8. The number of nitriles is 1. The molecule has 0 aliphatic rings. The molecular formula is C26H23ClN4O5. The first-order valence-electron chi connectivity index (χ1n) is 10.7. The van der Waals surface area contributed by atoms with Gasteiger partial charge in [0.1, 0.15) is 12.4 Å². The summed E-state index contributed by atoms with van der Waals surface area (Å²) in [5.41, 5.74) is 4.66. The number of methoxy groups -OCH3 is 2. The summed E-state index contributed by atoms with van der Waals surface area (Å²) in [4.78, 5) is 24.5. The van der Waals surface area contributed by atoms with Crippen molar-refractivity contribution >= 4 is 29.6 Å². The number of hydrazone groups is 1. The van der Waals surface area contributed by atoms with Gasteiger partial charge < -0.3 is 19.5 Å². The SMILES string of the molecule is COc1ccc(C(=O)NCC(=O)NN=Cc2cc(Cl)ccc2OCc2ccc(C#N)cc2)cc1OC. The number of rotatable bonds is 10. The van der Waals surface area contributed by atoms with Crippen molar-refractivity contribution in [3.05, 3.63) is 87.9 Å². The zero-order valence-corrected chi connectivity index (χ0v) is 20.3. The summed E-state index contributed by atoms with van der Waals surface area (Å²) < 4.78 is 16.2. The quantitative estimate of drug-likeness (QED) is 0.319. The van der Waals surface area contributed by atoms with E-state index >= 15 is 0 Å². The molecule has 2 N–H and O–H groups in total. The van der Waals surface area contributed by atoms with Crippen LogP contribution in [-0.2, 0) is 11.4 Å². The highest BCUT2D eigenvalue weighted by atomic mass is 35.5. The molecule has 0 spiro atoms. The van der Waals surface area contributed by atoms with Crippen LogP contribution in [0.1, 0.15) is 27.0 Å². The summed E-state index contributed by atoms with van der Waals surface area (Å²) in [5.74, 6) is 0.411. The van der Waals surface area contributed by atoms with Crippen LogP contribution in [0.25, 0.3) is 0 Å². The molecule has 36 heavy (non-hydrogen) atoms. The summed E-state index contributed by atoms with van der Waals surface area (Å²) in [6.07, 6.45) is 1.40. The van der Waals surface area contributed by atoms with E-state index in [0.717, 1.165) is 5.56 Å². The Morgan fingerprint density at radius 1 is 1.00 bits per heavy atom. The minimum Gasteiger partial charge on any atom is -0.493 e. The van der Waals surface area contributed by atoms with Gasteiger partial charge >= 0.3 is 0 Å². The number of halogens is 1. The maximum absolute atomic E-state index is 12.3. The normalized spacial score (nSPS) is 10.4. The molecule has 10 heteroatoms. The summed E-state index contributed by atoms with van der Waals surface area (Å²) in [6.45, 7) is -0.0230. The molecule has 0 aromatic heterocycles. The smallest absolute Gasteiger partial charge is 0.259 e. The number of hydrogen-bond acceptors (Lipinski definition) is 7. The van der Waals surface area contributed by atoms with Crippen molar-refractivity contribution in [2.45, 2.75) is 6.61 Å². The maximum Gasteiger partial charge on any atom is 0.259 e. The topological polar surface area (TPSA) is 122 Å². The third-order valence-electron chi connectivity index (χ3n) is 4.90. The van der Waals surface area contributed by atoms with Crippen LogP contribution in [-0.4, -0.2) is 38.8 Å². The van der Waals surface area contributed by atoms with E-state index in [9.17, 15) is 9.59 Å². The van der Waals surface area contributed by atoms with Gasteiger partial charge in [0.15, 0.2) is 11.5 Å². The maximum atomic E-state index is 12.3. The Bertz CT molecular complexity index is 1300. The Kier molecular flexibility index (Phi) is 9.26. The second-order valence-electron chi connectivity index (χ2n) is 7.33. The van der Waals surface area contributed by atoms with Crippen LogP contribution in [0.5, 0.6) is 17.2 Å². The van der Waals surface area contributed by atoms with E-state index in [2.05, 4.69) is 21.9 Å². The molecule has 9 nitrogen and oxygen atoms in total. The van der Waals surface area contributed by atoms with Crippen LogP contribution < -0.4 is 25.0 Å². The fourth-order valence-corrected chi connectivity index (χ4v) is 3.22. The molecule has 0 saturated carbocycles. The standard InChI is InChI=1S/C26H23ClN4O5/c1-34-23-9-7-19(12-24(23)35-2)26(33)29-15-25(32)31-30-14-20-11-21(27)8-10-22(20)36-16-18-5-3-17(13-28)4-6-18/h3-12,14H,15-16H2,1-2H3,(H,29,33)(H,31,32). The fraction of sp³-hybridized carbons (Fsp3) is 0.154. The number of ether oxygens (including phenoxy) is 3. The number of hydrogen-bond donors (Lipinski definition) is 2. The van der Waals surface area contributed by atoms with Crippen molar-refractivity contribution in [2.24, 2.45) is 5.10 Å². The summed E-state index contributed by atoms with van der Waals surface area (Å²) in [6, 6.07) is 18.8. The van der Waals surface area contributed by atoms with Gasteiger partial charge in [-0.3, -0.25) is 9.59 Å². The molecule has 0 unspecified atom stereocenters. The van der Waals surface area contributed by atoms with E-state index in [1.165, 1.54) is 26.5 Å². The molecule has 0 radical (unpaired) electrons. The van der Waals surface area contributed by atoms with Gasteiger partial charge in [-0.25, -0.2) is 5.43 Å². The average Bonchev–Trinajstić information content (AvgIpc) is 2.91. The Balaban J connectivity index is 1.55. The van der Waals surface area contributed by atoms with Crippen LogP contribution >= 0.6 is 11.6 Å². The summed E-state index contributed by atoms with van der Waals surface area (Å²) >= 11 is 6.09. The van der Waals surface area contributed by atoms with Gasteiger partial charge in [0.25, 0.3) is 11.8 Å². The van der Waals surface area contributed by atoms with Gasteiger partial charge in [0, 0.05) is 16.1 Å². The van der Waals surface area contributed by atoms with E-state index in [1.54, 1.807) is 54.6 Å². The Hall–Kier alpha value is -4.55. The minimum absolute atomic E-state index is 0.267. The third-order valence-corrected chi connectivity index (χ3v) is 5.13. The lowest BCUT2D eigenvalue weighted by molar-refractivity contribution is -0.120. The molecule has 0 aliphatic heterocycles. The number of amides is 2. The molecule has 0 fully saturated rings. The van der Waals surface area contributed by atoms with Gasteiger partial charge in [0.05, 0.1) is 38.6 Å². The van der Waals surface area contributed by atoms with Crippen molar-refractivity contribution < 1.29 is 23.8 Å². The molecule has 0 saturated heterocycles. The molecule has 3 aromatic rings. The molecule has 0 bridgehead atoms. The van der Waals surface area contributed by atoms with E-state index in [4.69, 9.17) is 31.1 Å². The largest absolute Gasteiger partial charge is 0.493 e. The average molecular weight is 507 g/mol. The first-order chi connectivity index (χ1) is 17.4. The lowest BCUT2D eigenvalue weighted by atomic mass is 10.1. The molecule has 184 valence electrons. The number of carbonyl (C=O) groups excluding carboxylic acids is 2. The number of carbonyl (C=O) groups is 2. The zero-order chi connectivity index (χ0) is 25.9. The number of nitrogens with one attached hydrogen (secondary N) is 2. The van der Waals surface area contributed by atoms with E-state index in [0.29, 0.717) is 39.0 Å². The van der Waals surface area contributed by atoms with Crippen LogP contribution in [0.2, 0.25) is 5.02 Å². The molecule has 2 amide bonds. The van der Waals surface area contributed by atoms with E-state index in [1.807, 2.05) is 0 Å². The molecule has 3 rings (SSSR count). The molecule has 3 aromatic carbocycles. The second-order valence-corrected chi connectivity index (χ2v) is 7.76. The predicted molar refractivity (Wildman–Crippen MR) is 135 cm³/mol. The van der Waals surface area contributed by atoms with Crippen molar-refractivity contribution in [1.29, 1.82) is 5.26 Å². The van der Waals surface area contributed by atoms with Crippen molar-refractivity contribution in [2.75, 3.05) is 20.8 Å². The van der Waals surface area contributed by atoms with Gasteiger partial charge in [-0.1, -0.05) is 23.7 Å². The van der Waals surface area contributed by atoms with Crippen LogP contribution in [0.4, 0.5) is 0 Å². The summed E-state index contributed by atoms with van der Waals surface area (Å²) in [5, 5.41) is 15.8. The Morgan fingerprint density at radius 3 is 2.42 bits per heavy atom. The highest BCUT2D eigenvalue weighted by molar-refractivity contribution is 6.30. The number of nitrogens with zero attached hydrogens (tertiary/aromatic N) is 2. The first-order valence-corrected chi connectivity index (χ1v) is 11.0. The van der Waals surface area contributed by atoms with E-state index in [-0.39, 0.29) is 13.2 Å². The van der Waals surface area contributed by atoms with Gasteiger partial charge in [-0.05, 0) is 54.1 Å². The highest BCUT2D eigenvalue weighted by Crippen LogP contribution is 2.27. The molecule has 0 aliphatic carbocycles. The van der Waals surface area contributed by atoms with Crippen molar-refractivity contribution in [1.82, 2.24) is 10.7 Å². The minimum atomic E-state index is -0.526. The summed E-state index contributed by atoms with van der Waals surface area (Å²) in [7, 11) is 2.96. The highest BCUT2D eigenvalue weighted by Gasteiger charge is 2.12. The van der Waals surface area contributed by atoms with Gasteiger partial charge in [0.2, 0.25) is 0 Å². The monoisotopic (exact) mass is 506 g/mol. The first kappa shape index (κ1) is 26.1. The van der Waals surface area contributed by atoms with Crippen LogP contribution in [0.15, 0.2) is 65.8 Å². The Morgan fingerprint density at radius 2 is 1.72 bits per heavy atom. The van der Waals surface area contributed by atoms with Gasteiger partial charge in [-0.2, -0.15) is 10.4 Å². The van der Waals surface area contributed by atoms with Gasteiger partial charge in [-0.15, -0.1) is 0 Å². The third kappa shape index (κ3) is 7.22. The molecular weight excluding hydrogens is 484 g/mol. The zero-order valence-electron chi connectivity index (χ0n) is 19.6. The van der Waals surface area contributed by atoms with Crippen molar-refractivity contribution in [3.8, 4) is 23.3 Å². The molecule has 0 heterocycles. The van der Waals surface area contributed by atoms with Crippen LogP contribution in [0, 0.1) is 11.3 Å². The number of benzene rings is 3. The lowest BCUT2D eigenvalue weighted by Crippen LogP contribution is -2.34. The molecule has 0 atom stereocenters. The van der Waals surface area contributed by atoms with Crippen molar-refractivity contribution in [3.63, 3.8) is 0 Å². The fourth-order valence-electron chi connectivity index (χ4n) is 3.04. The van der Waals surface area contributed by atoms with Crippen LogP contribution in [0.3, 0.4) is 0 Å². The van der Waals surface area contributed by atoms with E-state index < -0.39 is 11.8 Å².